The number of carboxylic acid groups (broad SMARTS) is 1. The predicted molar refractivity (Wildman–Crippen MR) is 70.6 cm³/mol. The number of rotatable bonds is 3. The molecule has 104 valence electrons. The van der Waals surface area contributed by atoms with Crippen LogP contribution in [0.5, 0.6) is 5.75 Å². The van der Waals surface area contributed by atoms with Crippen LogP contribution in [0.1, 0.15) is 29.3 Å². The number of phenols is 1. The quantitative estimate of drug-likeness (QED) is 0.895. The van der Waals surface area contributed by atoms with E-state index in [1.807, 2.05) is 12.1 Å². The number of carbonyl (C=O) groups is 1. The van der Waals surface area contributed by atoms with Gasteiger partial charge >= 0.3 is 5.97 Å². The van der Waals surface area contributed by atoms with Gasteiger partial charge in [0.1, 0.15) is 11.5 Å². The second kappa shape index (κ2) is 5.00. The van der Waals surface area contributed by atoms with Gasteiger partial charge in [-0.1, -0.05) is 12.1 Å². The van der Waals surface area contributed by atoms with Gasteiger partial charge in [-0.25, -0.2) is 4.98 Å². The highest BCUT2D eigenvalue weighted by molar-refractivity contribution is 5.70. The van der Waals surface area contributed by atoms with Crippen LogP contribution in [-0.4, -0.2) is 21.2 Å². The van der Waals surface area contributed by atoms with Gasteiger partial charge in [-0.05, 0) is 24.1 Å². The number of benzene rings is 1. The van der Waals surface area contributed by atoms with Crippen molar-refractivity contribution in [3.05, 3.63) is 47.2 Å². The van der Waals surface area contributed by atoms with E-state index in [-0.39, 0.29) is 11.7 Å². The van der Waals surface area contributed by atoms with Gasteiger partial charge in [-0.3, -0.25) is 4.79 Å². The van der Waals surface area contributed by atoms with Crippen LogP contribution in [-0.2, 0) is 24.1 Å². The minimum atomic E-state index is -0.765. The Morgan fingerprint density at radius 2 is 2.10 bits per heavy atom. The number of aryl methyl sites for hydroxylation is 1. The summed E-state index contributed by atoms with van der Waals surface area (Å²) in [6.07, 6.45) is 2.24. The summed E-state index contributed by atoms with van der Waals surface area (Å²) in [5, 5.41) is 18.3. The number of carboxylic acids is 1. The van der Waals surface area contributed by atoms with E-state index in [9.17, 15) is 9.90 Å². The summed E-state index contributed by atoms with van der Waals surface area (Å²) in [6.45, 7) is 0. The lowest BCUT2D eigenvalue weighted by Gasteiger charge is -2.15. The van der Waals surface area contributed by atoms with E-state index < -0.39 is 5.97 Å². The van der Waals surface area contributed by atoms with Crippen molar-refractivity contribution in [2.45, 2.75) is 25.7 Å². The van der Waals surface area contributed by atoms with Crippen LogP contribution in [0.2, 0.25) is 0 Å². The van der Waals surface area contributed by atoms with Crippen molar-refractivity contribution in [1.82, 2.24) is 4.98 Å². The normalized spacial score (nSPS) is 17.7. The van der Waals surface area contributed by atoms with Gasteiger partial charge in [0.05, 0.1) is 11.6 Å². The van der Waals surface area contributed by atoms with Crippen LogP contribution in [0.3, 0.4) is 0 Å². The molecule has 5 heteroatoms. The fourth-order valence-corrected chi connectivity index (χ4v) is 2.51. The average molecular weight is 273 g/mol. The van der Waals surface area contributed by atoms with Gasteiger partial charge in [0, 0.05) is 19.3 Å². The molecule has 1 aromatic heterocycles. The molecule has 0 aliphatic heterocycles. The Hall–Kier alpha value is -2.30. The summed E-state index contributed by atoms with van der Waals surface area (Å²) in [4.78, 5) is 15.4. The molecule has 0 fully saturated rings. The third-order valence-corrected chi connectivity index (χ3v) is 3.62. The van der Waals surface area contributed by atoms with Gasteiger partial charge in [0.15, 0.2) is 5.89 Å². The van der Waals surface area contributed by atoms with Crippen LogP contribution in [0.4, 0.5) is 0 Å². The van der Waals surface area contributed by atoms with E-state index in [4.69, 9.17) is 9.52 Å². The fraction of sp³-hybridized carbons (Fsp3) is 0.333. The van der Waals surface area contributed by atoms with Crippen molar-refractivity contribution in [3.8, 4) is 5.75 Å². The Bertz CT molecular complexity index is 630. The number of nitrogens with zero attached hydrogens (tertiary/aromatic N) is 1. The summed E-state index contributed by atoms with van der Waals surface area (Å²) in [7, 11) is 0. The smallest absolute Gasteiger partial charge is 0.306 e. The number of aromatic nitrogens is 1. The largest absolute Gasteiger partial charge is 0.508 e. The monoisotopic (exact) mass is 273 g/mol. The van der Waals surface area contributed by atoms with Crippen LogP contribution in [0.25, 0.3) is 0 Å². The van der Waals surface area contributed by atoms with E-state index >= 15 is 0 Å². The maximum atomic E-state index is 11.0. The summed E-state index contributed by atoms with van der Waals surface area (Å²) in [6, 6.07) is 6.88. The predicted octanol–water partition coefficient (Wildman–Crippen LogP) is 2.16. The molecule has 1 heterocycles. The molecule has 2 aromatic rings. The van der Waals surface area contributed by atoms with E-state index in [1.54, 1.807) is 12.1 Å². The number of aromatic hydroxyl groups is 1. The minimum absolute atomic E-state index is 0.227. The topological polar surface area (TPSA) is 83.6 Å². The molecule has 0 amide bonds. The molecule has 1 unspecified atom stereocenters. The molecule has 20 heavy (non-hydrogen) atoms. The first-order valence-electron chi connectivity index (χ1n) is 6.60. The van der Waals surface area contributed by atoms with Gasteiger partial charge in [0.2, 0.25) is 0 Å². The standard InChI is InChI=1S/C15H15NO4/c17-11-4-1-9(2-5-11)7-14-16-12-8-10(15(18)19)3-6-13(12)20-14/h1-2,4-5,10,17H,3,6-8H2,(H,18,19). The van der Waals surface area contributed by atoms with Crippen molar-refractivity contribution in [3.63, 3.8) is 0 Å². The number of oxazole rings is 1. The maximum Gasteiger partial charge on any atom is 0.306 e. The lowest BCUT2D eigenvalue weighted by molar-refractivity contribution is -0.142. The molecule has 0 saturated heterocycles. The lowest BCUT2D eigenvalue weighted by atomic mass is 9.90. The lowest BCUT2D eigenvalue weighted by Crippen LogP contribution is -2.21. The molecule has 1 atom stereocenters. The molecular formula is C15H15NO4. The molecule has 1 aliphatic carbocycles. The van der Waals surface area contributed by atoms with Gasteiger partial charge in [-0.2, -0.15) is 0 Å². The van der Waals surface area contributed by atoms with Crippen molar-refractivity contribution in [2.24, 2.45) is 5.92 Å². The summed E-state index contributed by atoms with van der Waals surface area (Å²) >= 11 is 0. The van der Waals surface area contributed by atoms with Crippen LogP contribution in [0, 0.1) is 5.92 Å². The van der Waals surface area contributed by atoms with Crippen LogP contribution in [0.15, 0.2) is 28.7 Å². The second-order valence-electron chi connectivity index (χ2n) is 5.10. The summed E-state index contributed by atoms with van der Waals surface area (Å²) in [5.74, 6) is 0.528. The molecular weight excluding hydrogens is 258 g/mol. The van der Waals surface area contributed by atoms with Gasteiger partial charge < -0.3 is 14.6 Å². The van der Waals surface area contributed by atoms with E-state index in [0.29, 0.717) is 31.6 Å². The average Bonchev–Trinajstić information content (AvgIpc) is 2.82. The van der Waals surface area contributed by atoms with Crippen molar-refractivity contribution < 1.29 is 19.4 Å². The molecule has 0 saturated carbocycles. The van der Waals surface area contributed by atoms with Crippen molar-refractivity contribution >= 4 is 5.97 Å². The van der Waals surface area contributed by atoms with E-state index in [1.165, 1.54) is 0 Å². The van der Waals surface area contributed by atoms with E-state index in [2.05, 4.69) is 4.98 Å². The minimum Gasteiger partial charge on any atom is -0.508 e. The SMILES string of the molecule is O=C(O)C1CCc2oc(Cc3ccc(O)cc3)nc2C1. The Morgan fingerprint density at radius 1 is 1.35 bits per heavy atom. The summed E-state index contributed by atoms with van der Waals surface area (Å²) in [5.41, 5.74) is 1.77. The number of phenolic OH excluding ortho intramolecular Hbond substituents is 1. The molecule has 1 aliphatic rings. The first-order chi connectivity index (χ1) is 9.61. The molecule has 5 nitrogen and oxygen atoms in total. The molecule has 0 bridgehead atoms. The zero-order chi connectivity index (χ0) is 14.1. The van der Waals surface area contributed by atoms with Gasteiger partial charge in [0.25, 0.3) is 0 Å². The zero-order valence-electron chi connectivity index (χ0n) is 10.9. The first kappa shape index (κ1) is 12.7. The van der Waals surface area contributed by atoms with Crippen LogP contribution >= 0.6 is 0 Å². The number of hydrogen-bond donors (Lipinski definition) is 2. The fourth-order valence-electron chi connectivity index (χ4n) is 2.51. The van der Waals surface area contributed by atoms with Crippen molar-refractivity contribution in [2.75, 3.05) is 0 Å². The molecule has 0 radical (unpaired) electrons. The number of hydrogen-bond acceptors (Lipinski definition) is 4. The molecule has 1 aromatic carbocycles. The Labute approximate surface area is 115 Å². The summed E-state index contributed by atoms with van der Waals surface area (Å²) < 4.78 is 5.70. The second-order valence-corrected chi connectivity index (χ2v) is 5.10. The van der Waals surface area contributed by atoms with Crippen molar-refractivity contribution in [1.29, 1.82) is 0 Å². The highest BCUT2D eigenvalue weighted by atomic mass is 16.4. The molecule has 2 N–H and O–H groups in total. The Kier molecular flexibility index (Phi) is 3.18. The highest BCUT2D eigenvalue weighted by Gasteiger charge is 2.28. The Morgan fingerprint density at radius 3 is 2.80 bits per heavy atom. The number of aliphatic carboxylic acids is 1. The highest BCUT2D eigenvalue weighted by Crippen LogP contribution is 2.27. The van der Waals surface area contributed by atoms with E-state index in [0.717, 1.165) is 17.0 Å². The number of fused-ring (bicyclic) bond motifs is 1. The maximum absolute atomic E-state index is 11.0. The zero-order valence-corrected chi connectivity index (χ0v) is 10.9. The third-order valence-electron chi connectivity index (χ3n) is 3.62. The molecule has 0 spiro atoms. The van der Waals surface area contributed by atoms with Gasteiger partial charge in [-0.15, -0.1) is 0 Å². The third kappa shape index (κ3) is 2.52. The van der Waals surface area contributed by atoms with Crippen LogP contribution < -0.4 is 0 Å². The first-order valence-corrected chi connectivity index (χ1v) is 6.60. The molecule has 3 rings (SSSR count). The Balaban J connectivity index is 1.77.